The molecule has 1 N–H and O–H groups in total. The summed E-state index contributed by atoms with van der Waals surface area (Å²) in [6.45, 7) is 1.98. The first-order valence-corrected chi connectivity index (χ1v) is 6.97. The molecular weight excluding hydrogens is 282 g/mol. The Bertz CT molecular complexity index is 617. The third-order valence-corrected chi connectivity index (χ3v) is 2.99. The van der Waals surface area contributed by atoms with Gasteiger partial charge in [0.25, 0.3) is 5.91 Å². The molecule has 22 heavy (non-hydrogen) atoms. The van der Waals surface area contributed by atoms with Crippen molar-refractivity contribution in [1.82, 2.24) is 15.3 Å². The molecule has 0 bridgehead atoms. The lowest BCUT2D eigenvalue weighted by atomic mass is 10.1. The minimum absolute atomic E-state index is 0.258. The first-order chi connectivity index (χ1) is 10.7. The zero-order valence-corrected chi connectivity index (χ0v) is 12.2. The van der Waals surface area contributed by atoms with Gasteiger partial charge in [-0.05, 0) is 36.8 Å². The highest BCUT2D eigenvalue weighted by atomic mass is 16.5. The van der Waals surface area contributed by atoms with Crippen LogP contribution in [0.2, 0.25) is 0 Å². The summed E-state index contributed by atoms with van der Waals surface area (Å²) < 4.78 is 5.03. The Morgan fingerprint density at radius 2 is 1.95 bits per heavy atom. The van der Waals surface area contributed by atoms with E-state index < -0.39 is 12.0 Å². The van der Waals surface area contributed by atoms with Crippen molar-refractivity contribution in [3.8, 4) is 0 Å². The van der Waals surface area contributed by atoms with Gasteiger partial charge in [0, 0.05) is 31.2 Å². The third kappa shape index (κ3) is 4.37. The van der Waals surface area contributed by atoms with E-state index in [4.69, 9.17) is 4.74 Å². The lowest BCUT2D eigenvalue weighted by Gasteiger charge is -2.17. The van der Waals surface area contributed by atoms with Gasteiger partial charge in [-0.3, -0.25) is 14.8 Å². The van der Waals surface area contributed by atoms with E-state index >= 15 is 0 Å². The minimum Gasteiger partial charge on any atom is -0.464 e. The lowest BCUT2D eigenvalue weighted by molar-refractivity contribution is -0.145. The van der Waals surface area contributed by atoms with Crippen molar-refractivity contribution in [1.29, 1.82) is 0 Å². The predicted octanol–water partition coefficient (Wildman–Crippen LogP) is 1.38. The molecule has 2 aromatic heterocycles. The fourth-order valence-electron chi connectivity index (χ4n) is 1.93. The molecule has 0 aliphatic heterocycles. The average molecular weight is 299 g/mol. The quantitative estimate of drug-likeness (QED) is 0.815. The lowest BCUT2D eigenvalue weighted by Crippen LogP contribution is -2.43. The molecule has 0 unspecified atom stereocenters. The number of pyridine rings is 2. The van der Waals surface area contributed by atoms with E-state index in [-0.39, 0.29) is 12.5 Å². The van der Waals surface area contributed by atoms with Crippen molar-refractivity contribution < 1.29 is 14.3 Å². The monoisotopic (exact) mass is 299 g/mol. The summed E-state index contributed by atoms with van der Waals surface area (Å²) in [5.41, 5.74) is 1.28. The largest absolute Gasteiger partial charge is 0.464 e. The second-order valence-electron chi connectivity index (χ2n) is 4.58. The molecule has 2 rings (SSSR count). The molecule has 1 atom stereocenters. The molecule has 0 aliphatic carbocycles. The number of nitrogens with one attached hydrogen (secondary N) is 1. The molecule has 0 radical (unpaired) electrons. The van der Waals surface area contributed by atoms with Gasteiger partial charge in [-0.25, -0.2) is 4.79 Å². The maximum Gasteiger partial charge on any atom is 0.328 e. The van der Waals surface area contributed by atoms with Crippen LogP contribution in [0.5, 0.6) is 0 Å². The summed E-state index contributed by atoms with van der Waals surface area (Å²) >= 11 is 0. The number of nitrogens with zero attached hydrogens (tertiary/aromatic N) is 2. The Balaban J connectivity index is 2.11. The van der Waals surface area contributed by atoms with E-state index in [1.165, 1.54) is 6.20 Å². The van der Waals surface area contributed by atoms with Crippen molar-refractivity contribution >= 4 is 11.9 Å². The van der Waals surface area contributed by atoms with Gasteiger partial charge in [0.2, 0.25) is 0 Å². The van der Waals surface area contributed by atoms with Gasteiger partial charge in [0.15, 0.2) is 0 Å². The summed E-state index contributed by atoms with van der Waals surface area (Å²) in [5, 5.41) is 2.69. The molecule has 2 aromatic rings. The van der Waals surface area contributed by atoms with Crippen LogP contribution >= 0.6 is 0 Å². The van der Waals surface area contributed by atoms with E-state index in [2.05, 4.69) is 15.3 Å². The second kappa shape index (κ2) is 7.87. The molecule has 0 aliphatic rings. The number of ether oxygens (including phenoxy) is 1. The predicted molar refractivity (Wildman–Crippen MR) is 80.1 cm³/mol. The van der Waals surface area contributed by atoms with Crippen LogP contribution in [0.25, 0.3) is 0 Å². The molecule has 6 heteroatoms. The highest BCUT2D eigenvalue weighted by Gasteiger charge is 2.23. The van der Waals surface area contributed by atoms with Crippen molar-refractivity contribution in [3.63, 3.8) is 0 Å². The Kier molecular flexibility index (Phi) is 5.59. The number of amides is 1. The SMILES string of the molecule is CCOC(=O)[C@@H](Cc1ccncc1)NC(=O)c1cccnc1. The molecule has 1 amide bonds. The average Bonchev–Trinajstić information content (AvgIpc) is 2.56. The van der Waals surface area contributed by atoms with Gasteiger partial charge < -0.3 is 10.1 Å². The molecule has 0 saturated carbocycles. The van der Waals surface area contributed by atoms with Gasteiger partial charge in [-0.1, -0.05) is 0 Å². The molecular formula is C16H17N3O3. The topological polar surface area (TPSA) is 81.2 Å². The number of carbonyl (C=O) groups is 2. The second-order valence-corrected chi connectivity index (χ2v) is 4.58. The maximum absolute atomic E-state index is 12.2. The van der Waals surface area contributed by atoms with Gasteiger partial charge in [0.05, 0.1) is 12.2 Å². The van der Waals surface area contributed by atoms with Gasteiger partial charge in [-0.15, -0.1) is 0 Å². The molecule has 2 heterocycles. The molecule has 0 spiro atoms. The summed E-state index contributed by atoms with van der Waals surface area (Å²) in [6, 6.07) is 6.13. The highest BCUT2D eigenvalue weighted by Crippen LogP contribution is 2.05. The summed E-state index contributed by atoms with van der Waals surface area (Å²) in [4.78, 5) is 32.1. The minimum atomic E-state index is -0.755. The van der Waals surface area contributed by atoms with Crippen LogP contribution in [0, 0.1) is 0 Å². The first kappa shape index (κ1) is 15.6. The number of hydrogen-bond acceptors (Lipinski definition) is 5. The number of carbonyl (C=O) groups excluding carboxylic acids is 2. The van der Waals surface area contributed by atoms with Crippen molar-refractivity contribution in [3.05, 3.63) is 60.2 Å². The normalized spacial score (nSPS) is 11.5. The van der Waals surface area contributed by atoms with E-state index in [1.54, 1.807) is 49.8 Å². The fraction of sp³-hybridized carbons (Fsp3) is 0.250. The zero-order valence-electron chi connectivity index (χ0n) is 12.2. The van der Waals surface area contributed by atoms with E-state index in [0.717, 1.165) is 5.56 Å². The Morgan fingerprint density at radius 1 is 1.18 bits per heavy atom. The van der Waals surface area contributed by atoms with Crippen LogP contribution in [-0.2, 0) is 16.0 Å². The van der Waals surface area contributed by atoms with Crippen LogP contribution in [0.4, 0.5) is 0 Å². The molecule has 114 valence electrons. The van der Waals surface area contributed by atoms with E-state index in [0.29, 0.717) is 12.0 Å². The van der Waals surface area contributed by atoms with Crippen LogP contribution in [0.3, 0.4) is 0 Å². The Hall–Kier alpha value is -2.76. The highest BCUT2D eigenvalue weighted by molar-refractivity contribution is 5.96. The number of hydrogen-bond donors (Lipinski definition) is 1. The summed E-state index contributed by atoms with van der Waals surface area (Å²) in [6.07, 6.45) is 6.65. The smallest absolute Gasteiger partial charge is 0.328 e. The molecule has 0 fully saturated rings. The van der Waals surface area contributed by atoms with Crippen LogP contribution in [-0.4, -0.2) is 34.5 Å². The first-order valence-electron chi connectivity index (χ1n) is 6.97. The Labute approximate surface area is 128 Å². The van der Waals surface area contributed by atoms with Crippen molar-refractivity contribution in [2.75, 3.05) is 6.61 Å². The van der Waals surface area contributed by atoms with Crippen molar-refractivity contribution in [2.24, 2.45) is 0 Å². The standard InChI is InChI=1S/C16H17N3O3/c1-2-22-16(21)14(10-12-5-8-17-9-6-12)19-15(20)13-4-3-7-18-11-13/h3-9,11,14H,2,10H2,1H3,(H,19,20)/t14-/m1/s1. The van der Waals surface area contributed by atoms with Crippen LogP contribution in [0.1, 0.15) is 22.8 Å². The van der Waals surface area contributed by atoms with Crippen molar-refractivity contribution in [2.45, 2.75) is 19.4 Å². The number of rotatable bonds is 6. The summed E-state index contributed by atoms with van der Waals surface area (Å²) in [7, 11) is 0. The molecule has 6 nitrogen and oxygen atoms in total. The molecule has 0 aromatic carbocycles. The van der Waals surface area contributed by atoms with Crippen LogP contribution < -0.4 is 5.32 Å². The number of aromatic nitrogens is 2. The maximum atomic E-state index is 12.2. The van der Waals surface area contributed by atoms with Crippen LogP contribution in [0.15, 0.2) is 49.1 Å². The van der Waals surface area contributed by atoms with Gasteiger partial charge >= 0.3 is 5.97 Å². The molecule has 0 saturated heterocycles. The summed E-state index contributed by atoms with van der Waals surface area (Å²) in [5.74, 6) is -0.822. The Morgan fingerprint density at radius 3 is 2.59 bits per heavy atom. The van der Waals surface area contributed by atoms with Gasteiger partial charge in [0.1, 0.15) is 6.04 Å². The van der Waals surface area contributed by atoms with E-state index in [1.807, 2.05) is 0 Å². The third-order valence-electron chi connectivity index (χ3n) is 2.99. The van der Waals surface area contributed by atoms with Gasteiger partial charge in [-0.2, -0.15) is 0 Å². The van der Waals surface area contributed by atoms with E-state index in [9.17, 15) is 9.59 Å². The fourth-order valence-corrected chi connectivity index (χ4v) is 1.93. The zero-order chi connectivity index (χ0) is 15.8. The number of esters is 1.